The Balaban J connectivity index is 1.52. The molecule has 0 radical (unpaired) electrons. The number of ketones is 2. The molecule has 2 rings (SSSR count). The van der Waals surface area contributed by atoms with Crippen LogP contribution in [-0.4, -0.2) is 49.9 Å². The van der Waals surface area contributed by atoms with Crippen molar-refractivity contribution in [3.05, 3.63) is 84.0 Å². The lowest BCUT2D eigenvalue weighted by Crippen LogP contribution is -2.16. The molecule has 0 atom stereocenters. The summed E-state index contributed by atoms with van der Waals surface area (Å²) >= 11 is 0. The topological polar surface area (TPSA) is 105 Å². The van der Waals surface area contributed by atoms with Crippen molar-refractivity contribution < 1.29 is 38.1 Å². The fraction of sp³-hybridized carbons (Fsp3) is 0.355. The molecule has 0 aliphatic heterocycles. The Hall–Kier alpha value is -4.20. The summed E-state index contributed by atoms with van der Waals surface area (Å²) in [5.74, 6) is -0.288. The number of carbonyl (C=O) groups excluding carboxylic acids is 4. The van der Waals surface area contributed by atoms with Crippen molar-refractivity contribution >= 4 is 23.5 Å². The van der Waals surface area contributed by atoms with Crippen LogP contribution in [0.5, 0.6) is 11.5 Å². The molecule has 0 spiro atoms. The second kappa shape index (κ2) is 16.6. The minimum Gasteiger partial charge on any atom is -0.482 e. The molecule has 0 heterocycles. The van der Waals surface area contributed by atoms with Gasteiger partial charge < -0.3 is 18.9 Å². The van der Waals surface area contributed by atoms with Crippen LogP contribution in [0.15, 0.2) is 72.8 Å². The van der Waals surface area contributed by atoms with Gasteiger partial charge >= 0.3 is 11.9 Å². The third kappa shape index (κ3) is 11.0. The maximum absolute atomic E-state index is 12.1. The molecule has 8 heteroatoms. The van der Waals surface area contributed by atoms with Crippen LogP contribution < -0.4 is 9.47 Å². The molecule has 0 saturated carbocycles. The molecular formula is C31H36O8. The number of Topliss-reactive ketones (excluding diaryl/α,β-unsaturated/α-hetero) is 2. The number of unbranched alkanes of at least 4 members (excludes halogenated alkanes) is 2. The van der Waals surface area contributed by atoms with Gasteiger partial charge in [0.1, 0.15) is 11.5 Å². The van der Waals surface area contributed by atoms with E-state index in [0.29, 0.717) is 65.9 Å². The highest BCUT2D eigenvalue weighted by Gasteiger charge is 2.11. The van der Waals surface area contributed by atoms with Crippen molar-refractivity contribution in [1.82, 2.24) is 0 Å². The summed E-state index contributed by atoms with van der Waals surface area (Å²) in [6.07, 6.45) is 3.11. The van der Waals surface area contributed by atoms with Crippen molar-refractivity contribution in [2.75, 3.05) is 26.4 Å². The normalized spacial score (nSPS) is 10.3. The third-order valence-electron chi connectivity index (χ3n) is 5.76. The van der Waals surface area contributed by atoms with E-state index in [1.165, 1.54) is 0 Å². The summed E-state index contributed by atoms with van der Waals surface area (Å²) in [4.78, 5) is 47.9. The minimum atomic E-state index is -0.495. The highest BCUT2D eigenvalue weighted by Crippen LogP contribution is 2.17. The highest BCUT2D eigenvalue weighted by atomic mass is 16.6. The Morgan fingerprint density at radius 2 is 0.949 bits per heavy atom. The van der Waals surface area contributed by atoms with Gasteiger partial charge in [-0.1, -0.05) is 27.0 Å². The van der Waals surface area contributed by atoms with Crippen LogP contribution in [0.3, 0.4) is 0 Å². The van der Waals surface area contributed by atoms with Crippen LogP contribution in [0.4, 0.5) is 0 Å². The number of hydrogen-bond donors (Lipinski definition) is 0. The van der Waals surface area contributed by atoms with Crippen LogP contribution in [0.2, 0.25) is 0 Å². The minimum absolute atomic E-state index is 0.109. The van der Waals surface area contributed by atoms with Gasteiger partial charge in [0.2, 0.25) is 0 Å². The van der Waals surface area contributed by atoms with E-state index in [1.54, 1.807) is 48.5 Å². The van der Waals surface area contributed by atoms with E-state index in [9.17, 15) is 19.2 Å². The fourth-order valence-corrected chi connectivity index (χ4v) is 3.26. The first-order chi connectivity index (χ1) is 18.7. The van der Waals surface area contributed by atoms with E-state index in [-0.39, 0.29) is 38.0 Å². The summed E-state index contributed by atoms with van der Waals surface area (Å²) in [6.45, 7) is 11.2. The lowest BCUT2D eigenvalue weighted by Gasteiger charge is -2.09. The Bertz CT molecular complexity index is 1050. The Morgan fingerprint density at radius 1 is 0.590 bits per heavy atom. The Kier molecular flexibility index (Phi) is 13.2. The largest absolute Gasteiger partial charge is 0.482 e. The summed E-state index contributed by atoms with van der Waals surface area (Å²) < 4.78 is 21.1. The van der Waals surface area contributed by atoms with Crippen LogP contribution >= 0.6 is 0 Å². The first-order valence-corrected chi connectivity index (χ1v) is 13.0. The van der Waals surface area contributed by atoms with Crippen molar-refractivity contribution in [3.63, 3.8) is 0 Å². The van der Waals surface area contributed by atoms with Crippen molar-refractivity contribution in [2.24, 2.45) is 0 Å². The lowest BCUT2D eigenvalue weighted by atomic mass is 10.0. The molecule has 0 aliphatic carbocycles. The molecule has 0 fully saturated rings. The van der Waals surface area contributed by atoms with Gasteiger partial charge in [0.15, 0.2) is 24.8 Å². The first kappa shape index (κ1) is 31.0. The monoisotopic (exact) mass is 536 g/mol. The zero-order valence-electron chi connectivity index (χ0n) is 22.7. The van der Waals surface area contributed by atoms with Crippen LogP contribution in [0, 0.1) is 0 Å². The van der Waals surface area contributed by atoms with E-state index >= 15 is 0 Å². The number of hydrogen-bond acceptors (Lipinski definition) is 8. The van der Waals surface area contributed by atoms with E-state index in [1.807, 2.05) is 13.8 Å². The van der Waals surface area contributed by atoms with Crippen LogP contribution in [0.1, 0.15) is 66.7 Å². The molecule has 0 bridgehead atoms. The second-order valence-electron chi connectivity index (χ2n) is 8.70. The molecule has 0 amide bonds. The fourth-order valence-electron chi connectivity index (χ4n) is 3.26. The summed E-state index contributed by atoms with van der Waals surface area (Å²) in [5, 5.41) is 0. The number of allylic oxidation sites excluding steroid dienone is 2. The van der Waals surface area contributed by atoms with Crippen LogP contribution in [-0.2, 0) is 19.1 Å². The van der Waals surface area contributed by atoms with Gasteiger partial charge in [0.05, 0.1) is 13.2 Å². The molecule has 0 saturated heterocycles. The second-order valence-corrected chi connectivity index (χ2v) is 8.70. The molecule has 0 N–H and O–H groups in total. The van der Waals surface area contributed by atoms with Gasteiger partial charge in [-0.3, -0.25) is 9.59 Å². The summed E-state index contributed by atoms with van der Waals surface area (Å²) in [7, 11) is 0. The predicted molar refractivity (Wildman–Crippen MR) is 147 cm³/mol. The van der Waals surface area contributed by atoms with Gasteiger partial charge in [-0.2, -0.15) is 0 Å². The molecule has 39 heavy (non-hydrogen) atoms. The number of esters is 2. The SMILES string of the molecule is C=C(CC)C(=O)c1ccc(OCC(=O)OCCCCCOC(=O)COc2ccc(C(=O)C(=C)CC)cc2)cc1. The van der Waals surface area contributed by atoms with Crippen molar-refractivity contribution in [2.45, 2.75) is 46.0 Å². The van der Waals surface area contributed by atoms with E-state index in [4.69, 9.17) is 18.9 Å². The standard InChI is InChI=1S/C31H36O8/c1-5-22(3)30(34)24-10-14-26(15-11-24)38-20-28(32)36-18-8-7-9-19-37-29(33)21-39-27-16-12-25(13-17-27)31(35)23(4)6-2/h10-17H,3-9,18-21H2,1-2H3. The zero-order chi connectivity index (χ0) is 28.6. The van der Waals surface area contributed by atoms with Gasteiger partial charge in [-0.25, -0.2) is 9.59 Å². The number of carbonyl (C=O) groups is 4. The molecular weight excluding hydrogens is 500 g/mol. The quantitative estimate of drug-likeness (QED) is 0.103. The van der Waals surface area contributed by atoms with Gasteiger partial charge in [-0.05, 0) is 91.8 Å². The van der Waals surface area contributed by atoms with E-state index in [0.717, 1.165) is 0 Å². The summed E-state index contributed by atoms with van der Waals surface area (Å²) in [6, 6.07) is 13.0. The molecule has 2 aromatic carbocycles. The number of benzene rings is 2. The maximum atomic E-state index is 12.1. The Morgan fingerprint density at radius 3 is 1.28 bits per heavy atom. The van der Waals surface area contributed by atoms with Crippen molar-refractivity contribution in [3.8, 4) is 11.5 Å². The molecule has 0 aliphatic rings. The molecule has 8 nitrogen and oxygen atoms in total. The first-order valence-electron chi connectivity index (χ1n) is 13.0. The van der Waals surface area contributed by atoms with E-state index < -0.39 is 11.9 Å². The van der Waals surface area contributed by atoms with Crippen molar-refractivity contribution in [1.29, 1.82) is 0 Å². The van der Waals surface area contributed by atoms with Crippen LogP contribution in [0.25, 0.3) is 0 Å². The average Bonchev–Trinajstić information content (AvgIpc) is 2.97. The molecule has 208 valence electrons. The number of rotatable bonds is 18. The highest BCUT2D eigenvalue weighted by molar-refractivity contribution is 6.08. The molecule has 2 aromatic rings. The predicted octanol–water partition coefficient (Wildman–Crippen LogP) is 5.70. The zero-order valence-corrected chi connectivity index (χ0v) is 22.7. The third-order valence-corrected chi connectivity index (χ3v) is 5.76. The van der Waals surface area contributed by atoms with E-state index in [2.05, 4.69) is 13.2 Å². The Labute approximate surface area is 229 Å². The molecule has 0 aromatic heterocycles. The maximum Gasteiger partial charge on any atom is 0.344 e. The average molecular weight is 537 g/mol. The van der Waals surface area contributed by atoms with Gasteiger partial charge in [0, 0.05) is 11.1 Å². The smallest absolute Gasteiger partial charge is 0.344 e. The summed E-state index contributed by atoms with van der Waals surface area (Å²) in [5.41, 5.74) is 2.11. The van der Waals surface area contributed by atoms with Gasteiger partial charge in [-0.15, -0.1) is 0 Å². The molecule has 0 unspecified atom stereocenters. The lowest BCUT2D eigenvalue weighted by molar-refractivity contribution is -0.146. The number of ether oxygens (including phenoxy) is 4. The van der Waals surface area contributed by atoms with Gasteiger partial charge in [0.25, 0.3) is 0 Å².